The van der Waals surface area contributed by atoms with Crippen molar-refractivity contribution in [1.82, 2.24) is 25.2 Å². The molecule has 5 heterocycles. The number of rotatable bonds is 12. The van der Waals surface area contributed by atoms with Crippen LogP contribution in [-0.2, 0) is 29.0 Å². The van der Waals surface area contributed by atoms with Crippen molar-refractivity contribution in [1.29, 1.82) is 0 Å². The number of aliphatic carboxylic acids is 1. The fourth-order valence-electron chi connectivity index (χ4n) is 7.44. The first-order chi connectivity index (χ1) is 25.2. The lowest BCUT2D eigenvalue weighted by atomic mass is 9.97. The Balaban J connectivity index is 1.10. The van der Waals surface area contributed by atoms with Gasteiger partial charge in [0.05, 0.1) is 45.7 Å². The Bertz CT molecular complexity index is 2130. The first-order valence-corrected chi connectivity index (χ1v) is 19.3. The second kappa shape index (κ2) is 15.9. The molecule has 0 spiro atoms. The number of fused-ring (bicyclic) bond motifs is 1. The zero-order chi connectivity index (χ0) is 36.4. The molecule has 2 aliphatic heterocycles. The van der Waals surface area contributed by atoms with Crippen LogP contribution in [0.3, 0.4) is 0 Å². The van der Waals surface area contributed by atoms with Gasteiger partial charge in [0.1, 0.15) is 16.3 Å². The molecule has 9 nitrogen and oxygen atoms in total. The van der Waals surface area contributed by atoms with Crippen LogP contribution in [0.5, 0.6) is 5.75 Å². The number of likely N-dealkylation sites (tertiary alicyclic amines) is 1. The van der Waals surface area contributed by atoms with Gasteiger partial charge in [0.2, 0.25) is 5.91 Å². The summed E-state index contributed by atoms with van der Waals surface area (Å²) in [6.45, 7) is 4.20. The highest BCUT2D eigenvalue weighted by Crippen LogP contribution is 2.41. The molecular weight excluding hydrogens is 717 g/mol. The van der Waals surface area contributed by atoms with E-state index in [1.165, 1.54) is 0 Å². The molecule has 1 amide bonds. The summed E-state index contributed by atoms with van der Waals surface area (Å²) in [5, 5.41) is 14.6. The minimum atomic E-state index is -0.703. The molecule has 5 aromatic rings. The average Bonchev–Trinajstić information content (AvgIpc) is 3.75. The number of amides is 1. The molecule has 0 radical (unpaired) electrons. The van der Waals surface area contributed by atoms with Gasteiger partial charge in [0, 0.05) is 59.1 Å². The fraction of sp³-hybridized carbons (Fsp3) is 0.375. The van der Waals surface area contributed by atoms with Crippen molar-refractivity contribution in [3.8, 4) is 28.1 Å². The number of aryl methyl sites for hydroxylation is 1. The second-order valence-electron chi connectivity index (χ2n) is 13.7. The highest BCUT2D eigenvalue weighted by molar-refractivity contribution is 7.18. The van der Waals surface area contributed by atoms with Gasteiger partial charge in [-0.05, 0) is 70.2 Å². The van der Waals surface area contributed by atoms with E-state index in [9.17, 15) is 14.7 Å². The van der Waals surface area contributed by atoms with Crippen molar-refractivity contribution in [2.75, 3.05) is 20.2 Å². The van der Waals surface area contributed by atoms with Crippen LogP contribution in [0.2, 0.25) is 10.0 Å². The maximum Gasteiger partial charge on any atom is 0.306 e. The number of nitrogens with one attached hydrogen (secondary N) is 1. The number of thiazole rings is 1. The number of carbonyl (C=O) groups is 2. The van der Waals surface area contributed by atoms with Gasteiger partial charge in [0.15, 0.2) is 0 Å². The maximum atomic E-state index is 11.6. The summed E-state index contributed by atoms with van der Waals surface area (Å²) < 4.78 is 6.91. The van der Waals surface area contributed by atoms with Crippen LogP contribution in [0.15, 0.2) is 54.7 Å². The van der Waals surface area contributed by atoms with E-state index >= 15 is 0 Å². The lowest BCUT2D eigenvalue weighted by molar-refractivity contribution is -0.143. The molecule has 3 aromatic heterocycles. The third-order valence-corrected chi connectivity index (χ3v) is 12.2. The van der Waals surface area contributed by atoms with E-state index in [2.05, 4.69) is 10.2 Å². The van der Waals surface area contributed by atoms with Crippen LogP contribution in [0.1, 0.15) is 66.0 Å². The third kappa shape index (κ3) is 7.81. The molecule has 12 heteroatoms. The lowest BCUT2D eigenvalue weighted by Gasteiger charge is -2.29. The van der Waals surface area contributed by atoms with Gasteiger partial charge in [-0.15, -0.1) is 11.3 Å². The molecule has 2 fully saturated rings. The fourth-order valence-corrected chi connectivity index (χ4v) is 9.08. The predicted molar refractivity (Wildman–Crippen MR) is 206 cm³/mol. The van der Waals surface area contributed by atoms with Gasteiger partial charge in [0.25, 0.3) is 0 Å². The van der Waals surface area contributed by atoms with Crippen molar-refractivity contribution in [3.63, 3.8) is 0 Å². The van der Waals surface area contributed by atoms with Gasteiger partial charge >= 0.3 is 5.97 Å². The molecule has 7 rings (SSSR count). The standard InChI is InChI=1S/C40H41Cl2N5O4S/c1-23-27(8-4-7-26-12-13-35(48)45-26)33(51-2)21-31(44-23)30-11-5-10-29(38(30)42)28-9-3-6-25(37(28)41)20-32-39-34(14-17-43-32)52-36(46-39)22-47-18-15-24(16-19-47)40(49)50/h3,5-6,9-11,14,17,21,24,26H,4,7-8,12-13,15-16,18-20,22H2,1-2H3,(H,45,48)(H,49,50)/t26-/m1/s1. The minimum Gasteiger partial charge on any atom is -0.496 e. The number of carboxylic acids is 1. The van der Waals surface area contributed by atoms with E-state index < -0.39 is 5.97 Å². The van der Waals surface area contributed by atoms with Crippen molar-refractivity contribution in [2.45, 2.75) is 70.9 Å². The number of carboxylic acid groups (broad SMARTS) is 1. The smallest absolute Gasteiger partial charge is 0.306 e. The number of nitrogens with zero attached hydrogens (tertiary/aromatic N) is 4. The zero-order valence-corrected chi connectivity index (χ0v) is 31.6. The average molecular weight is 759 g/mol. The number of halogens is 2. The second-order valence-corrected chi connectivity index (χ2v) is 15.6. The van der Waals surface area contributed by atoms with Gasteiger partial charge in [-0.1, -0.05) is 59.6 Å². The number of aromatic nitrogens is 3. The van der Waals surface area contributed by atoms with E-state index in [4.69, 9.17) is 42.9 Å². The number of hydrogen-bond donors (Lipinski definition) is 2. The quantitative estimate of drug-likeness (QED) is 0.130. The van der Waals surface area contributed by atoms with Crippen molar-refractivity contribution in [3.05, 3.63) is 92.3 Å². The Kier molecular flexibility index (Phi) is 11.1. The molecular formula is C40H41Cl2N5O4S. The normalized spacial score (nSPS) is 16.8. The van der Waals surface area contributed by atoms with E-state index in [-0.39, 0.29) is 17.9 Å². The summed E-state index contributed by atoms with van der Waals surface area (Å²) in [6, 6.07) is 16.1. The summed E-state index contributed by atoms with van der Waals surface area (Å²) in [4.78, 5) is 40.0. The van der Waals surface area contributed by atoms with E-state index in [1.807, 2.05) is 61.7 Å². The van der Waals surface area contributed by atoms with Crippen molar-refractivity contribution in [2.24, 2.45) is 5.92 Å². The number of pyridine rings is 2. The van der Waals surface area contributed by atoms with Crippen LogP contribution in [0, 0.1) is 12.8 Å². The molecule has 2 aliphatic rings. The topological polar surface area (TPSA) is 118 Å². The molecule has 270 valence electrons. The summed E-state index contributed by atoms with van der Waals surface area (Å²) in [5.41, 5.74) is 7.73. The zero-order valence-electron chi connectivity index (χ0n) is 29.3. The lowest BCUT2D eigenvalue weighted by Crippen LogP contribution is -2.35. The van der Waals surface area contributed by atoms with Crippen LogP contribution in [0.4, 0.5) is 0 Å². The molecule has 2 aromatic carbocycles. The van der Waals surface area contributed by atoms with Crippen molar-refractivity contribution >= 4 is 56.6 Å². The van der Waals surface area contributed by atoms with Crippen LogP contribution >= 0.6 is 34.5 Å². The van der Waals surface area contributed by atoms with Crippen LogP contribution < -0.4 is 10.1 Å². The molecule has 0 aliphatic carbocycles. The predicted octanol–water partition coefficient (Wildman–Crippen LogP) is 8.53. The number of benzene rings is 2. The maximum absolute atomic E-state index is 11.6. The summed E-state index contributed by atoms with van der Waals surface area (Å²) >= 11 is 16.0. The molecule has 52 heavy (non-hydrogen) atoms. The Morgan fingerprint density at radius 3 is 2.52 bits per heavy atom. The van der Waals surface area contributed by atoms with Crippen LogP contribution in [-0.4, -0.2) is 63.1 Å². The number of piperidine rings is 1. The van der Waals surface area contributed by atoms with Gasteiger partial charge in [-0.25, -0.2) is 4.98 Å². The molecule has 0 bridgehead atoms. The molecule has 2 N–H and O–H groups in total. The Hall–Kier alpha value is -4.09. The van der Waals surface area contributed by atoms with Gasteiger partial charge in [-0.3, -0.25) is 24.5 Å². The largest absolute Gasteiger partial charge is 0.496 e. The molecule has 0 saturated carbocycles. The molecule has 0 unspecified atom stereocenters. The Morgan fingerprint density at radius 2 is 1.79 bits per heavy atom. The first-order valence-electron chi connectivity index (χ1n) is 17.8. The third-order valence-electron chi connectivity index (χ3n) is 10.3. The number of hydrogen-bond acceptors (Lipinski definition) is 8. The Morgan fingerprint density at radius 1 is 1.04 bits per heavy atom. The van der Waals surface area contributed by atoms with Gasteiger partial charge < -0.3 is 15.2 Å². The number of methoxy groups -OCH3 is 1. The minimum absolute atomic E-state index is 0.140. The SMILES string of the molecule is COc1cc(-c2cccc(-c3cccc(Cc4nccc5sc(CN6CCC(C(=O)O)CC6)nc45)c3Cl)c2Cl)nc(C)c1CCC[C@@H]1CCC(=O)N1. The van der Waals surface area contributed by atoms with E-state index in [0.717, 1.165) is 105 Å². The van der Waals surface area contributed by atoms with E-state index in [0.29, 0.717) is 42.3 Å². The summed E-state index contributed by atoms with van der Waals surface area (Å²) in [7, 11) is 1.68. The van der Waals surface area contributed by atoms with Crippen molar-refractivity contribution < 1.29 is 19.4 Å². The molecule has 2 saturated heterocycles. The van der Waals surface area contributed by atoms with Crippen LogP contribution in [0.25, 0.3) is 32.6 Å². The summed E-state index contributed by atoms with van der Waals surface area (Å²) in [5.74, 6) is -0.0484. The summed E-state index contributed by atoms with van der Waals surface area (Å²) in [6.07, 6.45) is 7.81. The monoisotopic (exact) mass is 757 g/mol. The number of carbonyl (C=O) groups excluding carboxylic acids is 1. The van der Waals surface area contributed by atoms with E-state index in [1.54, 1.807) is 18.4 Å². The first kappa shape index (κ1) is 36.3. The highest BCUT2D eigenvalue weighted by Gasteiger charge is 2.26. The molecule has 1 atom stereocenters. The highest BCUT2D eigenvalue weighted by atomic mass is 35.5. The Labute approximate surface area is 317 Å². The number of ether oxygens (including phenoxy) is 1. The van der Waals surface area contributed by atoms with Gasteiger partial charge in [-0.2, -0.15) is 0 Å².